The van der Waals surface area contributed by atoms with E-state index in [-0.39, 0.29) is 0 Å². The van der Waals surface area contributed by atoms with Crippen LogP contribution in [0.4, 0.5) is 0 Å². The Morgan fingerprint density at radius 2 is 1.73 bits per heavy atom. The van der Waals surface area contributed by atoms with Crippen molar-refractivity contribution in [2.75, 3.05) is 0 Å². The van der Waals surface area contributed by atoms with Crippen LogP contribution >= 0.6 is 11.6 Å². The molecule has 3 heteroatoms. The first-order chi connectivity index (χ1) is 12.7. The van der Waals surface area contributed by atoms with Crippen molar-refractivity contribution >= 4 is 22.6 Å². The van der Waals surface area contributed by atoms with Crippen LogP contribution in [-0.4, -0.2) is 4.98 Å². The third-order valence-corrected chi connectivity index (χ3v) is 5.16. The van der Waals surface area contributed by atoms with Crippen molar-refractivity contribution in [3.8, 4) is 22.7 Å². The number of rotatable bonds is 5. The second-order valence-electron chi connectivity index (χ2n) is 6.82. The summed E-state index contributed by atoms with van der Waals surface area (Å²) in [6.07, 6.45) is 3.32. The van der Waals surface area contributed by atoms with Crippen LogP contribution in [0.5, 0.6) is 0 Å². The molecule has 2 aromatic heterocycles. The van der Waals surface area contributed by atoms with Crippen molar-refractivity contribution in [3.05, 3.63) is 70.7 Å². The lowest BCUT2D eigenvalue weighted by Crippen LogP contribution is -1.85. The highest BCUT2D eigenvalue weighted by molar-refractivity contribution is 6.35. The van der Waals surface area contributed by atoms with Crippen LogP contribution in [0.25, 0.3) is 33.7 Å². The molecule has 0 aliphatic rings. The van der Waals surface area contributed by atoms with Gasteiger partial charge in [-0.2, -0.15) is 0 Å². The summed E-state index contributed by atoms with van der Waals surface area (Å²) in [5.41, 5.74) is 6.61. The van der Waals surface area contributed by atoms with Crippen LogP contribution in [0.1, 0.15) is 30.9 Å². The predicted molar refractivity (Wildman–Crippen MR) is 110 cm³/mol. The summed E-state index contributed by atoms with van der Waals surface area (Å²) < 4.78 is 6.22. The Bertz CT molecular complexity index is 1040. The summed E-state index contributed by atoms with van der Waals surface area (Å²) in [5.74, 6) is 0.823. The molecule has 132 valence electrons. The van der Waals surface area contributed by atoms with E-state index >= 15 is 0 Å². The molecule has 0 amide bonds. The molecule has 0 spiro atoms. The van der Waals surface area contributed by atoms with Crippen LogP contribution in [0, 0.1) is 6.92 Å². The van der Waals surface area contributed by atoms with Crippen LogP contribution in [-0.2, 0) is 6.42 Å². The summed E-state index contributed by atoms with van der Waals surface area (Å²) in [7, 11) is 0. The number of furan rings is 1. The number of halogens is 1. The molecule has 1 N–H and O–H groups in total. The summed E-state index contributed by atoms with van der Waals surface area (Å²) in [6, 6.07) is 18.7. The Morgan fingerprint density at radius 3 is 2.50 bits per heavy atom. The summed E-state index contributed by atoms with van der Waals surface area (Å²) in [5, 5.41) is 1.72. The molecule has 0 aliphatic carbocycles. The van der Waals surface area contributed by atoms with Gasteiger partial charge >= 0.3 is 0 Å². The van der Waals surface area contributed by atoms with Crippen LogP contribution in [0.3, 0.4) is 0 Å². The van der Waals surface area contributed by atoms with E-state index in [9.17, 15) is 0 Å². The zero-order valence-electron chi connectivity index (χ0n) is 15.1. The van der Waals surface area contributed by atoms with E-state index < -0.39 is 0 Å². The molecule has 0 saturated carbocycles. The van der Waals surface area contributed by atoms with Gasteiger partial charge in [-0.3, -0.25) is 0 Å². The van der Waals surface area contributed by atoms with Gasteiger partial charge in [0.2, 0.25) is 0 Å². The van der Waals surface area contributed by atoms with Gasteiger partial charge in [0.25, 0.3) is 0 Å². The van der Waals surface area contributed by atoms with E-state index in [2.05, 4.69) is 61.3 Å². The van der Waals surface area contributed by atoms with Gasteiger partial charge in [0.15, 0.2) is 5.76 Å². The second kappa shape index (κ2) is 7.05. The molecule has 0 atom stereocenters. The van der Waals surface area contributed by atoms with E-state index in [4.69, 9.17) is 16.0 Å². The standard InChI is InChI=1S/C23H22ClNO/c1-3-4-5-17-10-11-19(24)18-14-22(26-23(17)18)21-13-12-20(25-21)16-8-6-15(2)7-9-16/h6-14,25H,3-5H2,1-2H3. The minimum absolute atomic E-state index is 0.737. The first-order valence-electron chi connectivity index (χ1n) is 9.13. The van der Waals surface area contributed by atoms with Crippen molar-refractivity contribution in [2.24, 2.45) is 0 Å². The number of benzene rings is 2. The maximum Gasteiger partial charge on any atom is 0.151 e. The SMILES string of the molecule is CCCCc1ccc(Cl)c2cc(-c3ccc(-c4ccc(C)cc4)[nH]3)oc12. The van der Waals surface area contributed by atoms with E-state index in [1.54, 1.807) is 0 Å². The highest BCUT2D eigenvalue weighted by Crippen LogP contribution is 2.35. The first-order valence-corrected chi connectivity index (χ1v) is 9.51. The van der Waals surface area contributed by atoms with Gasteiger partial charge in [-0.1, -0.05) is 60.8 Å². The first kappa shape index (κ1) is 17.0. The largest absolute Gasteiger partial charge is 0.454 e. The molecular formula is C23H22ClNO. The van der Waals surface area contributed by atoms with Crippen molar-refractivity contribution in [1.82, 2.24) is 4.98 Å². The average Bonchev–Trinajstić information content (AvgIpc) is 3.29. The number of fused-ring (bicyclic) bond motifs is 1. The Balaban J connectivity index is 1.73. The number of aromatic amines is 1. The van der Waals surface area contributed by atoms with Gasteiger partial charge in [-0.15, -0.1) is 0 Å². The van der Waals surface area contributed by atoms with Gasteiger partial charge in [-0.05, 0) is 55.2 Å². The fourth-order valence-electron chi connectivity index (χ4n) is 3.28. The normalized spacial score (nSPS) is 11.3. The van der Waals surface area contributed by atoms with Gasteiger partial charge in [0.05, 0.1) is 10.7 Å². The molecule has 2 heterocycles. The Morgan fingerprint density at radius 1 is 0.962 bits per heavy atom. The zero-order chi connectivity index (χ0) is 18.1. The molecule has 0 aliphatic heterocycles. The maximum atomic E-state index is 6.41. The minimum atomic E-state index is 0.737. The summed E-state index contributed by atoms with van der Waals surface area (Å²) in [4.78, 5) is 3.47. The lowest BCUT2D eigenvalue weighted by molar-refractivity contribution is 0.621. The molecular weight excluding hydrogens is 342 g/mol. The fourth-order valence-corrected chi connectivity index (χ4v) is 3.49. The maximum absolute atomic E-state index is 6.41. The molecule has 0 unspecified atom stereocenters. The number of unbranched alkanes of at least 4 members (excludes halogenated alkanes) is 1. The predicted octanol–water partition coefficient (Wildman–Crippen LogP) is 7.40. The number of hydrogen-bond donors (Lipinski definition) is 1. The number of nitrogens with one attached hydrogen (secondary N) is 1. The molecule has 0 saturated heterocycles. The Labute approximate surface area is 158 Å². The van der Waals surface area contributed by atoms with E-state index in [1.165, 1.54) is 16.7 Å². The van der Waals surface area contributed by atoms with Crippen molar-refractivity contribution in [1.29, 1.82) is 0 Å². The number of aromatic nitrogens is 1. The molecule has 26 heavy (non-hydrogen) atoms. The molecule has 2 aromatic carbocycles. The Hall–Kier alpha value is -2.45. The lowest BCUT2D eigenvalue weighted by Gasteiger charge is -2.02. The van der Waals surface area contributed by atoms with Gasteiger partial charge in [-0.25, -0.2) is 0 Å². The van der Waals surface area contributed by atoms with E-state index in [1.807, 2.05) is 12.1 Å². The van der Waals surface area contributed by atoms with Gasteiger partial charge in [0, 0.05) is 11.1 Å². The van der Waals surface area contributed by atoms with Crippen LogP contribution < -0.4 is 0 Å². The lowest BCUT2D eigenvalue weighted by atomic mass is 10.1. The number of aryl methyl sites for hydroxylation is 2. The highest BCUT2D eigenvalue weighted by atomic mass is 35.5. The third kappa shape index (κ3) is 3.17. The third-order valence-electron chi connectivity index (χ3n) is 4.83. The van der Waals surface area contributed by atoms with Crippen molar-refractivity contribution in [3.63, 3.8) is 0 Å². The summed E-state index contributed by atoms with van der Waals surface area (Å²) in [6.45, 7) is 4.30. The molecule has 0 bridgehead atoms. The van der Waals surface area contributed by atoms with Crippen LogP contribution in [0.2, 0.25) is 5.02 Å². The quantitative estimate of drug-likeness (QED) is 0.393. The molecule has 0 fully saturated rings. The van der Waals surface area contributed by atoms with Crippen LogP contribution in [0.15, 0.2) is 59.0 Å². The van der Waals surface area contributed by atoms with Gasteiger partial charge in [0.1, 0.15) is 5.58 Å². The Kier molecular flexibility index (Phi) is 4.60. The smallest absolute Gasteiger partial charge is 0.151 e. The zero-order valence-corrected chi connectivity index (χ0v) is 15.9. The highest BCUT2D eigenvalue weighted by Gasteiger charge is 2.14. The molecule has 4 aromatic rings. The second-order valence-corrected chi connectivity index (χ2v) is 7.22. The monoisotopic (exact) mass is 363 g/mol. The average molecular weight is 364 g/mol. The number of H-pyrrole nitrogens is 1. The molecule has 2 nitrogen and oxygen atoms in total. The summed E-state index contributed by atoms with van der Waals surface area (Å²) >= 11 is 6.41. The van der Waals surface area contributed by atoms with Gasteiger partial charge < -0.3 is 9.40 Å². The van der Waals surface area contributed by atoms with Crippen molar-refractivity contribution < 1.29 is 4.42 Å². The minimum Gasteiger partial charge on any atom is -0.454 e. The van der Waals surface area contributed by atoms with E-state index in [0.717, 1.165) is 52.4 Å². The molecule has 4 rings (SSSR count). The number of hydrogen-bond acceptors (Lipinski definition) is 1. The van der Waals surface area contributed by atoms with Crippen molar-refractivity contribution in [2.45, 2.75) is 33.1 Å². The fraction of sp³-hybridized carbons (Fsp3) is 0.217. The topological polar surface area (TPSA) is 28.9 Å². The molecule has 0 radical (unpaired) electrons. The van der Waals surface area contributed by atoms with E-state index in [0.29, 0.717) is 0 Å².